The van der Waals surface area contributed by atoms with Crippen molar-refractivity contribution in [2.24, 2.45) is 7.05 Å². The number of rotatable bonds is 2. The third-order valence-corrected chi connectivity index (χ3v) is 4.12. The number of aromatic nitrogens is 3. The second-order valence-corrected chi connectivity index (χ2v) is 5.56. The zero-order chi connectivity index (χ0) is 15.7. The Morgan fingerprint density at radius 1 is 1.45 bits per heavy atom. The molecule has 1 N–H and O–H groups in total. The smallest absolute Gasteiger partial charge is 0.270 e. The van der Waals surface area contributed by atoms with Gasteiger partial charge in [-0.15, -0.1) is 0 Å². The summed E-state index contributed by atoms with van der Waals surface area (Å²) in [6.07, 6.45) is 5.19. The maximum absolute atomic E-state index is 12.7. The summed E-state index contributed by atoms with van der Waals surface area (Å²) in [6, 6.07) is 3.77. The minimum atomic E-state index is -0.0475. The molecule has 0 saturated carbocycles. The summed E-state index contributed by atoms with van der Waals surface area (Å²) in [7, 11) is 3.82. The SMILES string of the molecule is CN1CCN(C(=O)c2cc(C#N)cn2C)C[C@H]1c1ncc[nH]1. The number of likely N-dealkylation sites (N-methyl/N-ethyl adjacent to an activating group) is 1. The summed E-state index contributed by atoms with van der Waals surface area (Å²) in [5.74, 6) is 0.818. The molecule has 22 heavy (non-hydrogen) atoms. The van der Waals surface area contributed by atoms with Crippen LogP contribution >= 0.6 is 0 Å². The quantitative estimate of drug-likeness (QED) is 0.887. The Hall–Kier alpha value is -2.59. The lowest BCUT2D eigenvalue weighted by Crippen LogP contribution is -2.49. The van der Waals surface area contributed by atoms with E-state index in [1.165, 1.54) is 0 Å². The van der Waals surface area contributed by atoms with Gasteiger partial charge < -0.3 is 14.5 Å². The van der Waals surface area contributed by atoms with E-state index in [-0.39, 0.29) is 11.9 Å². The van der Waals surface area contributed by atoms with Crippen LogP contribution in [0.2, 0.25) is 0 Å². The number of hydrogen-bond acceptors (Lipinski definition) is 4. The first-order valence-corrected chi connectivity index (χ1v) is 7.15. The highest BCUT2D eigenvalue weighted by molar-refractivity contribution is 5.93. The van der Waals surface area contributed by atoms with E-state index in [0.717, 1.165) is 12.4 Å². The highest BCUT2D eigenvalue weighted by atomic mass is 16.2. The maximum Gasteiger partial charge on any atom is 0.270 e. The molecule has 2 aromatic rings. The Morgan fingerprint density at radius 2 is 2.27 bits per heavy atom. The van der Waals surface area contributed by atoms with Crippen LogP contribution in [0.25, 0.3) is 0 Å². The van der Waals surface area contributed by atoms with Crippen molar-refractivity contribution in [1.29, 1.82) is 5.26 Å². The summed E-state index contributed by atoms with van der Waals surface area (Å²) in [5, 5.41) is 8.96. The van der Waals surface area contributed by atoms with E-state index in [4.69, 9.17) is 5.26 Å². The summed E-state index contributed by atoms with van der Waals surface area (Å²) >= 11 is 0. The largest absolute Gasteiger partial charge is 0.347 e. The average molecular weight is 298 g/mol. The number of aryl methyl sites for hydroxylation is 1. The molecule has 1 amide bonds. The molecule has 0 unspecified atom stereocenters. The van der Waals surface area contributed by atoms with Crippen molar-refractivity contribution < 1.29 is 4.79 Å². The molecule has 1 saturated heterocycles. The summed E-state index contributed by atoms with van der Waals surface area (Å²) in [4.78, 5) is 24.2. The number of nitrogens with zero attached hydrogens (tertiary/aromatic N) is 5. The lowest BCUT2D eigenvalue weighted by atomic mass is 10.1. The molecule has 3 heterocycles. The standard InChI is InChI=1S/C15H18N6O/c1-19-5-6-21(10-13(19)14-17-3-4-18-14)15(22)12-7-11(8-16)9-20(12)2/h3-4,7,9,13H,5-6,10H2,1-2H3,(H,17,18)/t13-/m0/s1. The van der Waals surface area contributed by atoms with Crippen molar-refractivity contribution in [3.63, 3.8) is 0 Å². The Bertz CT molecular complexity index is 711. The van der Waals surface area contributed by atoms with Crippen LogP contribution in [-0.4, -0.2) is 56.9 Å². The molecule has 1 fully saturated rings. The monoisotopic (exact) mass is 298 g/mol. The molecule has 0 radical (unpaired) electrons. The minimum Gasteiger partial charge on any atom is -0.347 e. The van der Waals surface area contributed by atoms with Crippen molar-refractivity contribution in [3.05, 3.63) is 41.7 Å². The van der Waals surface area contributed by atoms with Gasteiger partial charge in [0.05, 0.1) is 11.6 Å². The van der Waals surface area contributed by atoms with E-state index in [1.807, 2.05) is 11.9 Å². The van der Waals surface area contributed by atoms with E-state index in [1.54, 1.807) is 36.3 Å². The fraction of sp³-hybridized carbons (Fsp3) is 0.400. The first-order chi connectivity index (χ1) is 10.6. The average Bonchev–Trinajstić information content (AvgIpc) is 3.16. The number of piperazine rings is 1. The molecule has 1 aliphatic heterocycles. The molecule has 3 rings (SSSR count). The third-order valence-electron chi connectivity index (χ3n) is 4.12. The first-order valence-electron chi connectivity index (χ1n) is 7.15. The van der Waals surface area contributed by atoms with Crippen LogP contribution in [0.1, 0.15) is 27.9 Å². The molecular weight excluding hydrogens is 280 g/mol. The zero-order valence-electron chi connectivity index (χ0n) is 12.7. The van der Waals surface area contributed by atoms with Crippen LogP contribution < -0.4 is 0 Å². The van der Waals surface area contributed by atoms with Gasteiger partial charge in [-0.05, 0) is 13.1 Å². The molecule has 7 heteroatoms. The Balaban J connectivity index is 1.81. The van der Waals surface area contributed by atoms with E-state index >= 15 is 0 Å². The summed E-state index contributed by atoms with van der Waals surface area (Å²) < 4.78 is 1.71. The van der Waals surface area contributed by atoms with E-state index in [2.05, 4.69) is 20.9 Å². The Labute approximate surface area is 128 Å². The van der Waals surface area contributed by atoms with Gasteiger partial charge in [0.1, 0.15) is 17.6 Å². The van der Waals surface area contributed by atoms with Crippen LogP contribution in [0.15, 0.2) is 24.7 Å². The van der Waals surface area contributed by atoms with Crippen molar-refractivity contribution in [1.82, 2.24) is 24.3 Å². The molecule has 0 aromatic carbocycles. The molecule has 114 valence electrons. The zero-order valence-corrected chi connectivity index (χ0v) is 12.7. The molecule has 0 spiro atoms. The summed E-state index contributed by atoms with van der Waals surface area (Å²) in [6.45, 7) is 2.03. The van der Waals surface area contributed by atoms with Gasteiger partial charge >= 0.3 is 0 Å². The number of H-pyrrole nitrogens is 1. The summed E-state index contributed by atoms with van der Waals surface area (Å²) in [5.41, 5.74) is 1.04. The molecule has 1 aliphatic rings. The number of carbonyl (C=O) groups is 1. The molecule has 0 aliphatic carbocycles. The van der Waals surface area contributed by atoms with E-state index in [9.17, 15) is 4.79 Å². The van der Waals surface area contributed by atoms with Gasteiger partial charge in [0.25, 0.3) is 5.91 Å². The van der Waals surface area contributed by atoms with Crippen LogP contribution in [0, 0.1) is 11.3 Å². The number of nitrogens with one attached hydrogen (secondary N) is 1. The van der Waals surface area contributed by atoms with Crippen LogP contribution in [0.3, 0.4) is 0 Å². The molecule has 1 atom stereocenters. The molecular formula is C15H18N6O. The molecule has 0 bridgehead atoms. The first kappa shape index (κ1) is 14.4. The fourth-order valence-corrected chi connectivity index (χ4v) is 2.81. The van der Waals surface area contributed by atoms with Crippen molar-refractivity contribution in [2.45, 2.75) is 6.04 Å². The van der Waals surface area contributed by atoms with Gasteiger partial charge in [-0.3, -0.25) is 9.69 Å². The third kappa shape index (κ3) is 2.49. The van der Waals surface area contributed by atoms with Gasteiger partial charge in [-0.1, -0.05) is 0 Å². The van der Waals surface area contributed by atoms with Crippen LogP contribution in [-0.2, 0) is 7.05 Å². The predicted octanol–water partition coefficient (Wildman–Crippen LogP) is 0.749. The number of carbonyl (C=O) groups excluding carboxylic acids is 1. The topological polar surface area (TPSA) is 80.9 Å². The Kier molecular flexibility index (Phi) is 3.69. The molecule has 2 aromatic heterocycles. The van der Waals surface area contributed by atoms with Crippen molar-refractivity contribution in [2.75, 3.05) is 26.7 Å². The van der Waals surface area contributed by atoms with Crippen molar-refractivity contribution >= 4 is 5.91 Å². The second-order valence-electron chi connectivity index (χ2n) is 5.56. The van der Waals surface area contributed by atoms with Crippen LogP contribution in [0.4, 0.5) is 0 Å². The minimum absolute atomic E-state index is 0.0475. The highest BCUT2D eigenvalue weighted by Crippen LogP contribution is 2.22. The van der Waals surface area contributed by atoms with Gasteiger partial charge in [-0.2, -0.15) is 5.26 Å². The van der Waals surface area contributed by atoms with Crippen molar-refractivity contribution in [3.8, 4) is 6.07 Å². The van der Waals surface area contributed by atoms with Gasteiger partial charge in [-0.25, -0.2) is 4.98 Å². The van der Waals surface area contributed by atoms with Gasteiger partial charge in [0.15, 0.2) is 0 Å². The highest BCUT2D eigenvalue weighted by Gasteiger charge is 2.31. The molecule has 7 nitrogen and oxygen atoms in total. The van der Waals surface area contributed by atoms with Gasteiger partial charge in [0.2, 0.25) is 0 Å². The second kappa shape index (κ2) is 5.66. The number of amides is 1. The number of aromatic amines is 1. The van der Waals surface area contributed by atoms with E-state index in [0.29, 0.717) is 24.3 Å². The fourth-order valence-electron chi connectivity index (χ4n) is 2.81. The number of imidazole rings is 1. The Morgan fingerprint density at radius 3 is 2.91 bits per heavy atom. The lowest BCUT2D eigenvalue weighted by Gasteiger charge is -2.38. The number of hydrogen-bond donors (Lipinski definition) is 1. The maximum atomic E-state index is 12.7. The van der Waals surface area contributed by atoms with Crippen LogP contribution in [0.5, 0.6) is 0 Å². The normalized spacial score (nSPS) is 19.1. The van der Waals surface area contributed by atoms with Gasteiger partial charge in [0, 0.05) is 45.3 Å². The van der Waals surface area contributed by atoms with E-state index < -0.39 is 0 Å². The lowest BCUT2D eigenvalue weighted by molar-refractivity contribution is 0.0525. The predicted molar refractivity (Wildman–Crippen MR) is 80.0 cm³/mol. The number of nitriles is 1.